The second kappa shape index (κ2) is 15.9. The minimum absolute atomic E-state index is 0.108. The molecular weight excluding hydrogens is 476 g/mol. The highest BCUT2D eigenvalue weighted by molar-refractivity contribution is 5.92. The zero-order valence-corrected chi connectivity index (χ0v) is 23.0. The zero-order valence-electron chi connectivity index (χ0n) is 23.0. The van der Waals surface area contributed by atoms with Crippen LogP contribution in [0.2, 0.25) is 0 Å². The third kappa shape index (κ3) is 13.7. The van der Waals surface area contributed by atoms with Crippen LogP contribution >= 0.6 is 0 Å². The highest BCUT2D eigenvalue weighted by atomic mass is 16.6. The maximum absolute atomic E-state index is 13.1. The van der Waals surface area contributed by atoms with Crippen molar-refractivity contribution in [2.24, 2.45) is 11.7 Å². The Labute approximate surface area is 220 Å². The first-order valence-corrected chi connectivity index (χ1v) is 12.8. The number of amides is 3. The highest BCUT2D eigenvalue weighted by Crippen LogP contribution is 2.10. The molecule has 0 bridgehead atoms. The number of carbonyl (C=O) groups excluding carboxylic acids is 4. The van der Waals surface area contributed by atoms with Gasteiger partial charge in [0, 0.05) is 6.54 Å². The van der Waals surface area contributed by atoms with E-state index in [9.17, 15) is 19.2 Å². The van der Waals surface area contributed by atoms with Crippen LogP contribution in [0.3, 0.4) is 0 Å². The Morgan fingerprint density at radius 3 is 2.14 bits per heavy atom. The molecule has 208 valence electrons. The van der Waals surface area contributed by atoms with Crippen LogP contribution in [-0.2, 0) is 30.3 Å². The number of unbranched alkanes of at least 4 members (excludes halogenated alkanes) is 1. The number of hydrogen-bond donors (Lipinski definition) is 4. The molecule has 0 heterocycles. The van der Waals surface area contributed by atoms with Crippen molar-refractivity contribution in [3.63, 3.8) is 0 Å². The van der Waals surface area contributed by atoms with E-state index in [0.29, 0.717) is 38.6 Å². The average molecular weight is 521 g/mol. The van der Waals surface area contributed by atoms with E-state index >= 15 is 0 Å². The number of esters is 1. The molecule has 0 radical (unpaired) electrons. The molecule has 1 rings (SSSR count). The van der Waals surface area contributed by atoms with E-state index in [2.05, 4.69) is 16.0 Å². The van der Waals surface area contributed by atoms with Crippen LogP contribution in [-0.4, -0.2) is 61.3 Å². The number of carbonyl (C=O) groups is 4. The molecule has 0 saturated heterocycles. The lowest BCUT2D eigenvalue weighted by molar-refractivity contribution is -0.145. The van der Waals surface area contributed by atoms with Crippen LogP contribution in [0.1, 0.15) is 65.9 Å². The lowest BCUT2D eigenvalue weighted by Crippen LogP contribution is -2.55. The van der Waals surface area contributed by atoms with E-state index in [-0.39, 0.29) is 5.92 Å². The predicted molar refractivity (Wildman–Crippen MR) is 142 cm³/mol. The quantitative estimate of drug-likeness (QED) is 0.217. The third-order valence-electron chi connectivity index (χ3n) is 5.37. The number of alkyl carbamates (subject to hydrolysis) is 1. The summed E-state index contributed by atoms with van der Waals surface area (Å²) < 4.78 is 10.0. The molecule has 0 aliphatic rings. The maximum Gasteiger partial charge on any atom is 0.407 e. The van der Waals surface area contributed by atoms with E-state index in [0.717, 1.165) is 5.56 Å². The number of benzene rings is 1. The molecule has 0 aliphatic heterocycles. The number of hydrogen-bond acceptors (Lipinski definition) is 7. The molecule has 1 aromatic carbocycles. The van der Waals surface area contributed by atoms with Crippen LogP contribution in [0.5, 0.6) is 0 Å². The number of nitrogens with two attached hydrogens (primary N) is 1. The van der Waals surface area contributed by atoms with Crippen LogP contribution in [0.25, 0.3) is 0 Å². The normalized spacial score (nSPS) is 13.7. The van der Waals surface area contributed by atoms with Crippen LogP contribution in [0.4, 0.5) is 4.79 Å². The monoisotopic (exact) mass is 520 g/mol. The summed E-state index contributed by atoms with van der Waals surface area (Å²) in [6, 6.07) is 6.83. The molecule has 3 unspecified atom stereocenters. The predicted octanol–water partition coefficient (Wildman–Crippen LogP) is 2.44. The van der Waals surface area contributed by atoms with Gasteiger partial charge in [0.1, 0.15) is 17.7 Å². The summed E-state index contributed by atoms with van der Waals surface area (Å²) in [5.74, 6) is -1.38. The fourth-order valence-corrected chi connectivity index (χ4v) is 3.58. The fraction of sp³-hybridized carbons (Fsp3) is 0.630. The van der Waals surface area contributed by atoms with Gasteiger partial charge in [-0.2, -0.15) is 0 Å². The van der Waals surface area contributed by atoms with Crippen molar-refractivity contribution >= 4 is 23.9 Å². The van der Waals surface area contributed by atoms with Crippen molar-refractivity contribution in [1.29, 1.82) is 0 Å². The Morgan fingerprint density at radius 2 is 1.57 bits per heavy atom. The Bertz CT molecular complexity index is 869. The zero-order chi connectivity index (χ0) is 28.0. The molecule has 0 fully saturated rings. The lowest BCUT2D eigenvalue weighted by atomic mass is 10.0. The first-order valence-electron chi connectivity index (χ1n) is 12.8. The van der Waals surface area contributed by atoms with Gasteiger partial charge in [-0.1, -0.05) is 44.2 Å². The molecule has 0 aromatic heterocycles. The molecule has 5 N–H and O–H groups in total. The lowest BCUT2D eigenvalue weighted by Gasteiger charge is -2.24. The summed E-state index contributed by atoms with van der Waals surface area (Å²) in [4.78, 5) is 49.9. The molecule has 10 heteroatoms. The summed E-state index contributed by atoms with van der Waals surface area (Å²) >= 11 is 0. The van der Waals surface area contributed by atoms with E-state index < -0.39 is 47.6 Å². The van der Waals surface area contributed by atoms with Gasteiger partial charge < -0.3 is 31.2 Å². The van der Waals surface area contributed by atoms with E-state index in [1.165, 1.54) is 7.11 Å². The van der Waals surface area contributed by atoms with Crippen LogP contribution in [0, 0.1) is 5.92 Å². The largest absolute Gasteiger partial charge is 0.467 e. The first kappa shape index (κ1) is 31.9. The number of methoxy groups -OCH3 is 1. The van der Waals surface area contributed by atoms with Gasteiger partial charge >= 0.3 is 12.1 Å². The van der Waals surface area contributed by atoms with E-state index in [1.54, 1.807) is 20.8 Å². The molecule has 0 saturated carbocycles. The van der Waals surface area contributed by atoms with E-state index in [1.807, 2.05) is 44.2 Å². The maximum atomic E-state index is 13.1. The van der Waals surface area contributed by atoms with Gasteiger partial charge in [-0.05, 0) is 64.4 Å². The van der Waals surface area contributed by atoms with Crippen molar-refractivity contribution in [2.45, 2.75) is 90.4 Å². The first-order chi connectivity index (χ1) is 17.3. The Balaban J connectivity index is 2.68. The van der Waals surface area contributed by atoms with Crippen molar-refractivity contribution in [1.82, 2.24) is 16.0 Å². The van der Waals surface area contributed by atoms with E-state index in [4.69, 9.17) is 15.2 Å². The Hall–Kier alpha value is -3.14. The topological polar surface area (TPSA) is 149 Å². The molecule has 37 heavy (non-hydrogen) atoms. The summed E-state index contributed by atoms with van der Waals surface area (Å²) in [7, 11) is 1.25. The molecule has 0 spiro atoms. The third-order valence-corrected chi connectivity index (χ3v) is 5.37. The summed E-state index contributed by atoms with van der Waals surface area (Å²) in [5, 5.41) is 8.13. The number of nitrogens with one attached hydrogen (secondary N) is 3. The standard InChI is InChI=1S/C27H44N4O6/c1-18(2)16-22(31-23(32)20(28)17-19-12-8-7-9-13-19)24(33)30-21(25(34)36-6)14-10-11-15-29-26(35)37-27(3,4)5/h7-9,12-13,18,20-22H,10-11,14-17,28H2,1-6H3,(H,29,35)(H,30,33)(H,31,32). The molecule has 1 aromatic rings. The van der Waals surface area contributed by atoms with Crippen LogP contribution in [0.15, 0.2) is 30.3 Å². The Morgan fingerprint density at radius 1 is 0.946 bits per heavy atom. The molecule has 10 nitrogen and oxygen atoms in total. The van der Waals surface area contributed by atoms with Crippen molar-refractivity contribution < 1.29 is 28.7 Å². The second-order valence-electron chi connectivity index (χ2n) is 10.5. The Kier molecular flexibility index (Phi) is 13.7. The summed E-state index contributed by atoms with van der Waals surface area (Å²) in [6.45, 7) is 9.58. The van der Waals surface area contributed by atoms with Crippen molar-refractivity contribution in [3.05, 3.63) is 35.9 Å². The summed E-state index contributed by atoms with van der Waals surface area (Å²) in [6.07, 6.45) is 1.63. The number of rotatable bonds is 14. The van der Waals surface area contributed by atoms with Gasteiger partial charge in [-0.25, -0.2) is 9.59 Å². The fourth-order valence-electron chi connectivity index (χ4n) is 3.58. The number of ether oxygens (including phenoxy) is 2. The second-order valence-corrected chi connectivity index (χ2v) is 10.5. The SMILES string of the molecule is COC(=O)C(CCCCNC(=O)OC(C)(C)C)NC(=O)C(CC(C)C)NC(=O)C(N)Cc1ccccc1. The van der Waals surface area contributed by atoms with Crippen molar-refractivity contribution in [3.8, 4) is 0 Å². The van der Waals surface area contributed by atoms with Gasteiger partial charge in [-0.15, -0.1) is 0 Å². The molecular formula is C27H44N4O6. The molecule has 3 amide bonds. The van der Waals surface area contributed by atoms with Gasteiger partial charge in [0.05, 0.1) is 13.2 Å². The van der Waals surface area contributed by atoms with Gasteiger partial charge in [0.2, 0.25) is 11.8 Å². The minimum Gasteiger partial charge on any atom is -0.467 e. The highest BCUT2D eigenvalue weighted by Gasteiger charge is 2.29. The van der Waals surface area contributed by atoms with Gasteiger partial charge in [-0.3, -0.25) is 9.59 Å². The smallest absolute Gasteiger partial charge is 0.407 e. The minimum atomic E-state index is -0.886. The van der Waals surface area contributed by atoms with Crippen LogP contribution < -0.4 is 21.7 Å². The van der Waals surface area contributed by atoms with Crippen molar-refractivity contribution in [2.75, 3.05) is 13.7 Å². The molecule has 3 atom stereocenters. The average Bonchev–Trinajstić information content (AvgIpc) is 2.81. The molecule has 0 aliphatic carbocycles. The van der Waals surface area contributed by atoms with Gasteiger partial charge in [0.15, 0.2) is 0 Å². The summed E-state index contributed by atoms with van der Waals surface area (Å²) in [5.41, 5.74) is 6.42. The van der Waals surface area contributed by atoms with Gasteiger partial charge in [0.25, 0.3) is 0 Å².